The Morgan fingerprint density at radius 1 is 1.45 bits per heavy atom. The van der Waals surface area contributed by atoms with Crippen LogP contribution in [0.1, 0.15) is 5.69 Å². The number of hydrogen-bond acceptors (Lipinski definition) is 3. The zero-order valence-corrected chi connectivity index (χ0v) is 7.19. The summed E-state index contributed by atoms with van der Waals surface area (Å²) in [7, 11) is 0. The van der Waals surface area contributed by atoms with E-state index in [1.54, 1.807) is 10.7 Å². The smallest absolute Gasteiger partial charge is 0.220 e. The first-order valence-electron chi connectivity index (χ1n) is 3.11. The molecular formula is C6H5BrN4. The number of aromatic nitrogens is 4. The quantitative estimate of drug-likeness (QED) is 0.664. The van der Waals surface area contributed by atoms with Crippen LogP contribution in [0.25, 0.3) is 5.78 Å². The third-order valence-corrected chi connectivity index (χ3v) is 1.97. The summed E-state index contributed by atoms with van der Waals surface area (Å²) in [5.41, 5.74) is 1.05. The average Bonchev–Trinajstić information content (AvgIpc) is 2.50. The van der Waals surface area contributed by atoms with Crippen molar-refractivity contribution in [3.05, 3.63) is 24.3 Å². The van der Waals surface area contributed by atoms with Crippen LogP contribution < -0.4 is 0 Å². The monoisotopic (exact) mass is 212 g/mol. The van der Waals surface area contributed by atoms with Crippen LogP contribution in [0, 0.1) is 0 Å². The van der Waals surface area contributed by atoms with Gasteiger partial charge in [0.05, 0.1) is 5.69 Å². The van der Waals surface area contributed by atoms with E-state index in [-0.39, 0.29) is 0 Å². The normalized spacial score (nSPS) is 10.6. The lowest BCUT2D eigenvalue weighted by Crippen LogP contribution is -1.96. The van der Waals surface area contributed by atoms with E-state index >= 15 is 0 Å². The van der Waals surface area contributed by atoms with E-state index < -0.39 is 0 Å². The number of rotatable bonds is 1. The van der Waals surface area contributed by atoms with E-state index in [0.717, 1.165) is 11.0 Å². The molecule has 56 valence electrons. The molecule has 11 heavy (non-hydrogen) atoms. The van der Waals surface area contributed by atoms with Gasteiger partial charge in [-0.05, 0) is 6.07 Å². The van der Waals surface area contributed by atoms with Crippen molar-refractivity contribution in [2.45, 2.75) is 5.33 Å². The largest absolute Gasteiger partial charge is 0.252 e. The van der Waals surface area contributed by atoms with Gasteiger partial charge in [-0.2, -0.15) is 10.1 Å². The number of fused-ring (bicyclic) bond motifs is 1. The zero-order valence-electron chi connectivity index (χ0n) is 5.61. The summed E-state index contributed by atoms with van der Waals surface area (Å²) in [5.74, 6) is 0.641. The maximum atomic E-state index is 4.02. The predicted molar refractivity (Wildman–Crippen MR) is 43.4 cm³/mol. The minimum absolute atomic E-state index is 0.641. The first-order chi connectivity index (χ1) is 5.42. The number of halogens is 1. The van der Waals surface area contributed by atoms with Crippen LogP contribution in [-0.2, 0) is 5.33 Å². The van der Waals surface area contributed by atoms with Crippen LogP contribution in [0.2, 0.25) is 0 Å². The molecule has 0 aliphatic carbocycles. The molecule has 0 aliphatic heterocycles. The molecule has 0 atom stereocenters. The standard InChI is InChI=1S/C6H5BrN4/c7-3-5-1-2-8-6-9-4-10-11(5)6/h1-2,4H,3H2. The third kappa shape index (κ3) is 1.01. The highest BCUT2D eigenvalue weighted by molar-refractivity contribution is 9.08. The van der Waals surface area contributed by atoms with Gasteiger partial charge in [0.1, 0.15) is 6.33 Å². The van der Waals surface area contributed by atoms with E-state index in [4.69, 9.17) is 0 Å². The average molecular weight is 213 g/mol. The Morgan fingerprint density at radius 2 is 2.36 bits per heavy atom. The first-order valence-corrected chi connectivity index (χ1v) is 4.23. The topological polar surface area (TPSA) is 43.1 Å². The summed E-state index contributed by atoms with van der Waals surface area (Å²) in [5, 5.41) is 4.76. The molecule has 5 heteroatoms. The summed E-state index contributed by atoms with van der Waals surface area (Å²) in [6.07, 6.45) is 3.22. The van der Waals surface area contributed by atoms with E-state index in [1.165, 1.54) is 6.33 Å². The second-order valence-electron chi connectivity index (χ2n) is 2.04. The van der Waals surface area contributed by atoms with Gasteiger partial charge >= 0.3 is 0 Å². The Labute approximate surface area is 71.4 Å². The highest BCUT2D eigenvalue weighted by Crippen LogP contribution is 2.04. The second kappa shape index (κ2) is 2.58. The van der Waals surface area contributed by atoms with E-state index in [2.05, 4.69) is 31.0 Å². The Morgan fingerprint density at radius 3 is 3.18 bits per heavy atom. The van der Waals surface area contributed by atoms with Crippen LogP contribution in [0.3, 0.4) is 0 Å². The van der Waals surface area contributed by atoms with Crippen molar-refractivity contribution in [2.75, 3.05) is 0 Å². The molecule has 2 heterocycles. The van der Waals surface area contributed by atoms with Gasteiger partial charge in [0.15, 0.2) is 0 Å². The molecule has 0 N–H and O–H groups in total. The van der Waals surface area contributed by atoms with Gasteiger partial charge in [-0.3, -0.25) is 0 Å². The van der Waals surface area contributed by atoms with Crippen molar-refractivity contribution < 1.29 is 0 Å². The van der Waals surface area contributed by atoms with Gasteiger partial charge in [0.25, 0.3) is 5.78 Å². The maximum Gasteiger partial charge on any atom is 0.252 e. The molecule has 0 bridgehead atoms. The van der Waals surface area contributed by atoms with Crippen molar-refractivity contribution in [3.63, 3.8) is 0 Å². The van der Waals surface area contributed by atoms with E-state index in [0.29, 0.717) is 5.78 Å². The minimum Gasteiger partial charge on any atom is -0.220 e. The summed E-state index contributed by atoms with van der Waals surface area (Å²) >= 11 is 3.35. The molecule has 0 aromatic carbocycles. The summed E-state index contributed by atoms with van der Waals surface area (Å²) < 4.78 is 1.70. The molecule has 0 spiro atoms. The van der Waals surface area contributed by atoms with Gasteiger partial charge in [-0.1, -0.05) is 15.9 Å². The molecule has 2 aromatic rings. The zero-order chi connectivity index (χ0) is 7.68. The van der Waals surface area contributed by atoms with Crippen LogP contribution in [0.15, 0.2) is 18.6 Å². The minimum atomic E-state index is 0.641. The van der Waals surface area contributed by atoms with Crippen LogP contribution in [0.5, 0.6) is 0 Å². The summed E-state index contributed by atoms with van der Waals surface area (Å²) in [6.45, 7) is 0. The number of alkyl halides is 1. The number of nitrogens with zero attached hydrogens (tertiary/aromatic N) is 4. The summed E-state index contributed by atoms with van der Waals surface area (Å²) in [4.78, 5) is 7.97. The fourth-order valence-electron chi connectivity index (χ4n) is 0.888. The molecule has 0 radical (unpaired) electrons. The maximum absolute atomic E-state index is 4.02. The van der Waals surface area contributed by atoms with Crippen molar-refractivity contribution in [1.29, 1.82) is 0 Å². The van der Waals surface area contributed by atoms with Crippen LogP contribution in [0.4, 0.5) is 0 Å². The van der Waals surface area contributed by atoms with Gasteiger partial charge in [-0.15, -0.1) is 0 Å². The fourth-order valence-corrected chi connectivity index (χ4v) is 1.31. The highest BCUT2D eigenvalue weighted by atomic mass is 79.9. The van der Waals surface area contributed by atoms with Crippen molar-refractivity contribution in [2.24, 2.45) is 0 Å². The molecule has 0 amide bonds. The fraction of sp³-hybridized carbons (Fsp3) is 0.167. The van der Waals surface area contributed by atoms with Gasteiger partial charge in [0, 0.05) is 11.5 Å². The molecule has 0 fully saturated rings. The van der Waals surface area contributed by atoms with Gasteiger partial charge in [-0.25, -0.2) is 9.50 Å². The lowest BCUT2D eigenvalue weighted by atomic mass is 10.5. The lowest BCUT2D eigenvalue weighted by Gasteiger charge is -1.96. The Bertz CT molecular complexity index is 369. The SMILES string of the molecule is BrCc1ccnc2ncnn12. The molecule has 0 aliphatic rings. The molecule has 0 unspecified atom stereocenters. The van der Waals surface area contributed by atoms with Gasteiger partial charge in [0.2, 0.25) is 0 Å². The predicted octanol–water partition coefficient (Wildman–Crippen LogP) is 1.02. The Kier molecular flexibility index (Phi) is 1.58. The third-order valence-electron chi connectivity index (χ3n) is 1.40. The lowest BCUT2D eigenvalue weighted by molar-refractivity contribution is 0.889. The number of hydrogen-bond donors (Lipinski definition) is 0. The molecule has 0 saturated heterocycles. The Balaban J connectivity index is 2.79. The van der Waals surface area contributed by atoms with Crippen molar-refractivity contribution in [3.8, 4) is 0 Å². The molecule has 2 rings (SSSR count). The first kappa shape index (κ1) is 6.72. The van der Waals surface area contributed by atoms with Crippen LogP contribution in [-0.4, -0.2) is 19.6 Å². The van der Waals surface area contributed by atoms with E-state index in [1.807, 2.05) is 6.07 Å². The molecule has 0 saturated carbocycles. The second-order valence-corrected chi connectivity index (χ2v) is 2.60. The molecule has 4 nitrogen and oxygen atoms in total. The Hall–Kier alpha value is -0.970. The van der Waals surface area contributed by atoms with Crippen LogP contribution >= 0.6 is 15.9 Å². The molecular weight excluding hydrogens is 208 g/mol. The van der Waals surface area contributed by atoms with E-state index in [9.17, 15) is 0 Å². The highest BCUT2D eigenvalue weighted by Gasteiger charge is 1.99. The van der Waals surface area contributed by atoms with Crippen molar-refractivity contribution >= 4 is 21.7 Å². The van der Waals surface area contributed by atoms with Gasteiger partial charge < -0.3 is 0 Å². The summed E-state index contributed by atoms with van der Waals surface area (Å²) in [6, 6.07) is 1.90. The molecule has 2 aromatic heterocycles. The van der Waals surface area contributed by atoms with Crippen molar-refractivity contribution in [1.82, 2.24) is 19.6 Å².